The monoisotopic (exact) mass is 254 g/mol. The number of hydrogen-bond donors (Lipinski definition) is 1. The maximum absolute atomic E-state index is 5.47. The third-order valence-corrected chi connectivity index (χ3v) is 4.41. The summed E-state index contributed by atoms with van der Waals surface area (Å²) in [5.41, 5.74) is 1.15. The lowest BCUT2D eigenvalue weighted by molar-refractivity contribution is 0.0752. The number of rotatable bonds is 2. The molecule has 0 aromatic carbocycles. The van der Waals surface area contributed by atoms with Gasteiger partial charge in [-0.25, -0.2) is 4.98 Å². The Kier molecular flexibility index (Phi) is 3.71. The fraction of sp³-hybridized carbons (Fsp3) is 0.750. The van der Waals surface area contributed by atoms with Gasteiger partial charge in [-0.15, -0.1) is 11.3 Å². The van der Waals surface area contributed by atoms with Crippen molar-refractivity contribution in [3.63, 3.8) is 0 Å². The molecule has 2 aliphatic heterocycles. The van der Waals surface area contributed by atoms with Crippen LogP contribution < -0.4 is 5.32 Å². The van der Waals surface area contributed by atoms with Crippen LogP contribution >= 0.6 is 11.3 Å². The molecule has 0 aliphatic carbocycles. The molecule has 1 aromatic heterocycles. The van der Waals surface area contributed by atoms with Gasteiger partial charge in [0.25, 0.3) is 0 Å². The minimum absolute atomic E-state index is 0.286. The predicted octanol–water partition coefficient (Wildman–Crippen LogP) is 1.70. The van der Waals surface area contributed by atoms with E-state index in [1.807, 2.05) is 0 Å². The molecular weight excluding hydrogens is 236 g/mol. The lowest BCUT2D eigenvalue weighted by Crippen LogP contribution is -2.34. The standard InChI is InChI=1S/C12H18N2O2S/c1-4-15-5-2-9(1)12-14-11(8-17-12)10-7-16-6-3-13-10/h8-10,13H,1-7H2. The summed E-state index contributed by atoms with van der Waals surface area (Å²) in [6, 6.07) is 0.286. The van der Waals surface area contributed by atoms with Crippen molar-refractivity contribution in [2.24, 2.45) is 0 Å². The van der Waals surface area contributed by atoms with Gasteiger partial charge in [0.1, 0.15) is 0 Å². The van der Waals surface area contributed by atoms with Crippen LogP contribution in [0.1, 0.15) is 35.5 Å². The van der Waals surface area contributed by atoms with Crippen LogP contribution in [-0.2, 0) is 9.47 Å². The number of hydrogen-bond acceptors (Lipinski definition) is 5. The average molecular weight is 254 g/mol. The highest BCUT2D eigenvalue weighted by Gasteiger charge is 2.22. The lowest BCUT2D eigenvalue weighted by atomic mass is 10.0. The molecule has 3 rings (SSSR count). The van der Waals surface area contributed by atoms with E-state index in [1.54, 1.807) is 11.3 Å². The highest BCUT2D eigenvalue weighted by Crippen LogP contribution is 2.30. The molecule has 0 bridgehead atoms. The molecule has 5 heteroatoms. The molecule has 2 fully saturated rings. The van der Waals surface area contributed by atoms with Gasteiger partial charge in [-0.1, -0.05) is 0 Å². The molecule has 94 valence electrons. The van der Waals surface area contributed by atoms with E-state index < -0.39 is 0 Å². The Morgan fingerprint density at radius 1 is 1.24 bits per heavy atom. The van der Waals surface area contributed by atoms with Crippen LogP contribution in [-0.4, -0.2) is 38.0 Å². The van der Waals surface area contributed by atoms with Crippen molar-refractivity contribution in [3.8, 4) is 0 Å². The molecule has 0 radical (unpaired) electrons. The number of nitrogens with one attached hydrogen (secondary N) is 1. The molecule has 2 aliphatic rings. The molecular formula is C12H18N2O2S. The molecule has 0 amide bonds. The third-order valence-electron chi connectivity index (χ3n) is 3.39. The molecule has 2 saturated heterocycles. The molecule has 3 heterocycles. The van der Waals surface area contributed by atoms with Crippen molar-refractivity contribution in [2.75, 3.05) is 33.0 Å². The first-order valence-electron chi connectivity index (χ1n) is 6.27. The van der Waals surface area contributed by atoms with Crippen LogP contribution in [0, 0.1) is 0 Å². The van der Waals surface area contributed by atoms with Crippen molar-refractivity contribution in [1.29, 1.82) is 0 Å². The molecule has 1 atom stereocenters. The second kappa shape index (κ2) is 5.44. The Morgan fingerprint density at radius 2 is 2.12 bits per heavy atom. The van der Waals surface area contributed by atoms with Crippen LogP contribution in [0.3, 0.4) is 0 Å². The molecule has 17 heavy (non-hydrogen) atoms. The van der Waals surface area contributed by atoms with Gasteiger partial charge in [-0.2, -0.15) is 0 Å². The number of nitrogens with zero attached hydrogens (tertiary/aromatic N) is 1. The summed E-state index contributed by atoms with van der Waals surface area (Å²) in [6.07, 6.45) is 2.23. The zero-order chi connectivity index (χ0) is 11.5. The van der Waals surface area contributed by atoms with Crippen LogP contribution in [0.5, 0.6) is 0 Å². The first-order valence-corrected chi connectivity index (χ1v) is 7.15. The Bertz CT molecular complexity index is 325. The molecule has 0 spiro atoms. The topological polar surface area (TPSA) is 43.4 Å². The smallest absolute Gasteiger partial charge is 0.0961 e. The summed E-state index contributed by atoms with van der Waals surface area (Å²) in [4.78, 5) is 4.78. The SMILES string of the molecule is c1sc(C2CCOCC2)nc1C1COCCN1. The summed E-state index contributed by atoms with van der Waals surface area (Å²) in [7, 11) is 0. The Balaban J connectivity index is 1.68. The first-order chi connectivity index (χ1) is 8.43. The van der Waals surface area contributed by atoms with Crippen LogP contribution in [0.2, 0.25) is 0 Å². The van der Waals surface area contributed by atoms with Gasteiger partial charge in [0.15, 0.2) is 0 Å². The highest BCUT2D eigenvalue weighted by atomic mass is 32.1. The van der Waals surface area contributed by atoms with Crippen LogP contribution in [0.15, 0.2) is 5.38 Å². The van der Waals surface area contributed by atoms with E-state index >= 15 is 0 Å². The molecule has 1 unspecified atom stereocenters. The van der Waals surface area contributed by atoms with Gasteiger partial charge in [0.2, 0.25) is 0 Å². The minimum Gasteiger partial charge on any atom is -0.381 e. The van der Waals surface area contributed by atoms with Gasteiger partial charge in [-0.05, 0) is 12.8 Å². The van der Waals surface area contributed by atoms with Gasteiger partial charge in [0.05, 0.1) is 30.0 Å². The summed E-state index contributed by atoms with van der Waals surface area (Å²) in [5, 5.41) is 6.90. The highest BCUT2D eigenvalue weighted by molar-refractivity contribution is 7.09. The summed E-state index contributed by atoms with van der Waals surface area (Å²) >= 11 is 1.79. The second-order valence-corrected chi connectivity index (χ2v) is 5.47. The van der Waals surface area contributed by atoms with Gasteiger partial charge >= 0.3 is 0 Å². The average Bonchev–Trinajstić information content (AvgIpc) is 2.90. The zero-order valence-corrected chi connectivity index (χ0v) is 10.7. The largest absolute Gasteiger partial charge is 0.381 e. The van der Waals surface area contributed by atoms with Crippen molar-refractivity contribution >= 4 is 11.3 Å². The normalized spacial score (nSPS) is 27.2. The second-order valence-electron chi connectivity index (χ2n) is 4.58. The summed E-state index contributed by atoms with van der Waals surface area (Å²) < 4.78 is 10.9. The fourth-order valence-corrected chi connectivity index (χ4v) is 3.39. The van der Waals surface area contributed by atoms with E-state index in [9.17, 15) is 0 Å². The van der Waals surface area contributed by atoms with Crippen LogP contribution in [0.4, 0.5) is 0 Å². The first kappa shape index (κ1) is 11.6. The van der Waals surface area contributed by atoms with Crippen molar-refractivity contribution in [3.05, 3.63) is 16.1 Å². The van der Waals surface area contributed by atoms with E-state index in [2.05, 4.69) is 10.7 Å². The lowest BCUT2D eigenvalue weighted by Gasteiger charge is -2.22. The summed E-state index contributed by atoms with van der Waals surface area (Å²) in [6.45, 7) is 4.24. The van der Waals surface area contributed by atoms with E-state index in [-0.39, 0.29) is 6.04 Å². The van der Waals surface area contributed by atoms with Crippen molar-refractivity contribution in [1.82, 2.24) is 10.3 Å². The number of thiazole rings is 1. The molecule has 1 N–H and O–H groups in total. The predicted molar refractivity (Wildman–Crippen MR) is 66.5 cm³/mol. The Hall–Kier alpha value is -0.490. The summed E-state index contributed by atoms with van der Waals surface area (Å²) in [5.74, 6) is 0.604. The van der Waals surface area contributed by atoms with Gasteiger partial charge in [-0.3, -0.25) is 0 Å². The fourth-order valence-electron chi connectivity index (χ4n) is 2.35. The van der Waals surface area contributed by atoms with Crippen LogP contribution in [0.25, 0.3) is 0 Å². The van der Waals surface area contributed by atoms with E-state index in [0.29, 0.717) is 5.92 Å². The molecule has 1 aromatic rings. The number of ether oxygens (including phenoxy) is 2. The van der Waals surface area contributed by atoms with E-state index in [1.165, 1.54) is 5.01 Å². The van der Waals surface area contributed by atoms with Gasteiger partial charge < -0.3 is 14.8 Å². The van der Waals surface area contributed by atoms with E-state index in [4.69, 9.17) is 14.5 Å². The number of aromatic nitrogens is 1. The van der Waals surface area contributed by atoms with E-state index in [0.717, 1.165) is 51.5 Å². The zero-order valence-electron chi connectivity index (χ0n) is 9.85. The van der Waals surface area contributed by atoms with Gasteiger partial charge in [0, 0.05) is 31.1 Å². The molecule has 4 nitrogen and oxygen atoms in total. The molecule has 0 saturated carbocycles. The maximum atomic E-state index is 5.47. The minimum atomic E-state index is 0.286. The number of morpholine rings is 1. The van der Waals surface area contributed by atoms with Crippen molar-refractivity contribution in [2.45, 2.75) is 24.8 Å². The van der Waals surface area contributed by atoms with Crippen molar-refractivity contribution < 1.29 is 9.47 Å². The maximum Gasteiger partial charge on any atom is 0.0961 e. The Labute approximate surface area is 105 Å². The third kappa shape index (κ3) is 2.68. The quantitative estimate of drug-likeness (QED) is 0.872. The Morgan fingerprint density at radius 3 is 2.88 bits per heavy atom.